The Hall–Kier alpha value is -2.11. The predicted octanol–water partition coefficient (Wildman–Crippen LogP) is 2.60. The van der Waals surface area contributed by atoms with Crippen LogP contribution in [0.4, 0.5) is 5.82 Å². The van der Waals surface area contributed by atoms with Gasteiger partial charge in [0, 0.05) is 37.9 Å². The number of nitrogens with zero attached hydrogens (tertiary/aromatic N) is 3. The highest BCUT2D eigenvalue weighted by Gasteiger charge is 2.24. The molecule has 0 spiro atoms. The minimum atomic E-state index is 0.0844. The fourth-order valence-electron chi connectivity index (χ4n) is 3.40. The van der Waals surface area contributed by atoms with Gasteiger partial charge in [-0.05, 0) is 37.1 Å². The summed E-state index contributed by atoms with van der Waals surface area (Å²) in [5.74, 6) is 1.87. The van der Waals surface area contributed by atoms with E-state index in [0.29, 0.717) is 0 Å². The van der Waals surface area contributed by atoms with E-state index in [0.717, 1.165) is 43.3 Å². The molecule has 1 aromatic heterocycles. The van der Waals surface area contributed by atoms with Gasteiger partial charge in [-0.3, -0.25) is 4.90 Å². The van der Waals surface area contributed by atoms with Crippen LogP contribution in [-0.4, -0.2) is 48.3 Å². The van der Waals surface area contributed by atoms with Crippen LogP contribution in [0.3, 0.4) is 0 Å². The van der Waals surface area contributed by atoms with Gasteiger partial charge in [0.2, 0.25) is 0 Å². The molecule has 25 heavy (non-hydrogen) atoms. The molecule has 1 aromatic carbocycles. The monoisotopic (exact) mass is 341 g/mol. The maximum atomic E-state index is 9.81. The number of aryl methyl sites for hydroxylation is 1. The first-order valence-electron chi connectivity index (χ1n) is 8.76. The van der Waals surface area contributed by atoms with E-state index < -0.39 is 0 Å². The van der Waals surface area contributed by atoms with E-state index in [9.17, 15) is 5.11 Å². The van der Waals surface area contributed by atoms with Crippen molar-refractivity contribution >= 4 is 5.82 Å². The van der Waals surface area contributed by atoms with Gasteiger partial charge in [0.1, 0.15) is 11.6 Å². The van der Waals surface area contributed by atoms with E-state index in [2.05, 4.69) is 34.1 Å². The summed E-state index contributed by atoms with van der Waals surface area (Å²) in [6, 6.07) is 12.5. The average Bonchev–Trinajstić information content (AvgIpc) is 2.62. The van der Waals surface area contributed by atoms with Gasteiger partial charge < -0.3 is 14.7 Å². The molecule has 3 rings (SSSR count). The topological polar surface area (TPSA) is 48.8 Å². The number of hydrogen-bond donors (Lipinski definition) is 1. The molecule has 0 aliphatic carbocycles. The fraction of sp³-hybridized carbons (Fsp3) is 0.450. The van der Waals surface area contributed by atoms with E-state index in [4.69, 9.17) is 9.72 Å². The van der Waals surface area contributed by atoms with Crippen LogP contribution < -0.4 is 9.64 Å². The van der Waals surface area contributed by atoms with Crippen LogP contribution in [0, 0.1) is 6.92 Å². The Morgan fingerprint density at radius 3 is 2.88 bits per heavy atom. The molecule has 0 radical (unpaired) electrons. The third-order valence-corrected chi connectivity index (χ3v) is 4.90. The minimum absolute atomic E-state index is 0.0844. The Labute approximate surface area is 149 Å². The molecule has 5 nitrogen and oxygen atoms in total. The molecule has 0 bridgehead atoms. The zero-order valence-corrected chi connectivity index (χ0v) is 15.3. The number of rotatable bonds is 4. The highest BCUT2D eigenvalue weighted by Crippen LogP contribution is 2.26. The number of aliphatic hydroxyl groups excluding tert-OH is 1. The molecule has 1 aliphatic rings. The molecule has 5 heteroatoms. The van der Waals surface area contributed by atoms with Gasteiger partial charge in [0.15, 0.2) is 0 Å². The van der Waals surface area contributed by atoms with Crippen molar-refractivity contribution in [3.8, 4) is 5.75 Å². The maximum absolute atomic E-state index is 9.81. The molecule has 2 aromatic rings. The zero-order valence-electron chi connectivity index (χ0n) is 15.3. The Kier molecular flexibility index (Phi) is 5.56. The molecule has 1 aliphatic heterocycles. The second kappa shape index (κ2) is 7.85. The summed E-state index contributed by atoms with van der Waals surface area (Å²) >= 11 is 0. The van der Waals surface area contributed by atoms with Crippen molar-refractivity contribution in [3.05, 3.63) is 53.2 Å². The highest BCUT2D eigenvalue weighted by molar-refractivity contribution is 5.48. The van der Waals surface area contributed by atoms with E-state index >= 15 is 0 Å². The molecule has 0 amide bonds. The quantitative estimate of drug-likeness (QED) is 0.926. The SMILES string of the molecule is COc1cccc(CN2CCC(CO)N(C)c3nc(C)ccc3C2)c1. The number of anilines is 1. The summed E-state index contributed by atoms with van der Waals surface area (Å²) in [4.78, 5) is 9.28. The maximum Gasteiger partial charge on any atom is 0.133 e. The Morgan fingerprint density at radius 2 is 2.12 bits per heavy atom. The molecule has 0 saturated heterocycles. The summed E-state index contributed by atoms with van der Waals surface area (Å²) in [6.45, 7) is 4.78. The van der Waals surface area contributed by atoms with Crippen LogP contribution in [0.25, 0.3) is 0 Å². The third-order valence-electron chi connectivity index (χ3n) is 4.90. The van der Waals surface area contributed by atoms with Gasteiger partial charge in [-0.1, -0.05) is 18.2 Å². The summed E-state index contributed by atoms with van der Waals surface area (Å²) in [7, 11) is 3.73. The average molecular weight is 341 g/mol. The number of ether oxygens (including phenoxy) is 1. The van der Waals surface area contributed by atoms with Crippen molar-refractivity contribution in [2.75, 3.05) is 32.2 Å². The standard InChI is InChI=1S/C20H27N3O2/c1-15-7-8-17-13-23(12-16-5-4-6-19(11-16)25-3)10-9-18(14-24)22(2)20(17)21-15/h4-8,11,18,24H,9-10,12-14H2,1-3H3. The van der Waals surface area contributed by atoms with Gasteiger partial charge in [-0.25, -0.2) is 4.98 Å². The summed E-state index contributed by atoms with van der Waals surface area (Å²) in [5.41, 5.74) is 3.44. The molecule has 1 atom stereocenters. The molecule has 1 unspecified atom stereocenters. The van der Waals surface area contributed by atoms with E-state index in [1.54, 1.807) is 7.11 Å². The predicted molar refractivity (Wildman–Crippen MR) is 100.0 cm³/mol. The highest BCUT2D eigenvalue weighted by atomic mass is 16.5. The van der Waals surface area contributed by atoms with Crippen LogP contribution in [0.2, 0.25) is 0 Å². The second-order valence-corrected chi connectivity index (χ2v) is 6.73. The normalized spacial score (nSPS) is 18.4. The lowest BCUT2D eigenvalue weighted by Crippen LogP contribution is -2.41. The lowest BCUT2D eigenvalue weighted by atomic mass is 10.1. The number of hydrogen-bond acceptors (Lipinski definition) is 5. The van der Waals surface area contributed by atoms with Gasteiger partial charge in [-0.2, -0.15) is 0 Å². The van der Waals surface area contributed by atoms with Crippen molar-refractivity contribution in [2.24, 2.45) is 0 Å². The van der Waals surface area contributed by atoms with E-state index in [1.807, 2.05) is 26.1 Å². The van der Waals surface area contributed by atoms with E-state index in [-0.39, 0.29) is 12.6 Å². The summed E-state index contributed by atoms with van der Waals surface area (Å²) < 4.78 is 5.34. The van der Waals surface area contributed by atoms with Crippen LogP contribution >= 0.6 is 0 Å². The summed E-state index contributed by atoms with van der Waals surface area (Å²) in [6.07, 6.45) is 0.909. The third kappa shape index (κ3) is 4.11. The molecule has 0 fully saturated rings. The Morgan fingerprint density at radius 1 is 1.28 bits per heavy atom. The number of benzene rings is 1. The number of aliphatic hydroxyl groups is 1. The van der Waals surface area contributed by atoms with E-state index in [1.165, 1.54) is 11.1 Å². The molecule has 1 N–H and O–H groups in total. The lowest BCUT2D eigenvalue weighted by Gasteiger charge is -2.35. The van der Waals surface area contributed by atoms with Crippen molar-refractivity contribution in [1.82, 2.24) is 9.88 Å². The number of pyridine rings is 1. The number of aromatic nitrogens is 1. The Balaban J connectivity index is 1.86. The number of methoxy groups -OCH3 is 1. The van der Waals surface area contributed by atoms with Crippen molar-refractivity contribution in [1.29, 1.82) is 0 Å². The van der Waals surface area contributed by atoms with Gasteiger partial charge in [0.05, 0.1) is 19.8 Å². The van der Waals surface area contributed by atoms with Crippen LogP contribution in [0.1, 0.15) is 23.2 Å². The van der Waals surface area contributed by atoms with Crippen LogP contribution in [0.15, 0.2) is 36.4 Å². The lowest BCUT2D eigenvalue weighted by molar-refractivity contribution is 0.205. The second-order valence-electron chi connectivity index (χ2n) is 6.73. The van der Waals surface area contributed by atoms with Gasteiger partial charge in [0.25, 0.3) is 0 Å². The summed E-state index contributed by atoms with van der Waals surface area (Å²) in [5, 5.41) is 9.81. The van der Waals surface area contributed by atoms with Gasteiger partial charge >= 0.3 is 0 Å². The Bertz CT molecular complexity index is 720. The zero-order chi connectivity index (χ0) is 17.8. The fourth-order valence-corrected chi connectivity index (χ4v) is 3.40. The largest absolute Gasteiger partial charge is 0.497 e. The smallest absolute Gasteiger partial charge is 0.133 e. The number of likely N-dealkylation sites (N-methyl/N-ethyl adjacent to an activating group) is 1. The first kappa shape index (κ1) is 17.7. The molecular formula is C20H27N3O2. The molecular weight excluding hydrogens is 314 g/mol. The van der Waals surface area contributed by atoms with Gasteiger partial charge in [-0.15, -0.1) is 0 Å². The van der Waals surface area contributed by atoms with Crippen LogP contribution in [0.5, 0.6) is 5.75 Å². The number of fused-ring (bicyclic) bond motifs is 1. The van der Waals surface area contributed by atoms with Crippen molar-refractivity contribution < 1.29 is 9.84 Å². The van der Waals surface area contributed by atoms with Crippen molar-refractivity contribution in [3.63, 3.8) is 0 Å². The minimum Gasteiger partial charge on any atom is -0.497 e. The molecule has 2 heterocycles. The van der Waals surface area contributed by atoms with Crippen molar-refractivity contribution in [2.45, 2.75) is 32.5 Å². The first-order valence-corrected chi connectivity index (χ1v) is 8.76. The molecule has 134 valence electrons. The first-order chi connectivity index (χ1) is 12.1. The van der Waals surface area contributed by atoms with Crippen LogP contribution in [-0.2, 0) is 13.1 Å². The molecule has 0 saturated carbocycles.